The highest BCUT2D eigenvalue weighted by molar-refractivity contribution is 6.02. The Morgan fingerprint density at radius 3 is 2.47 bits per heavy atom. The normalized spacial score (nSPS) is 14.6. The lowest BCUT2D eigenvalue weighted by molar-refractivity contribution is -0.118. The molecule has 2 aliphatic rings. The minimum atomic E-state index is -0.553. The Hall–Kier alpha value is -3.15. The topological polar surface area (TPSA) is 66.9 Å². The van der Waals surface area contributed by atoms with Crippen molar-refractivity contribution in [3.8, 4) is 0 Å². The standard InChI is InChI=1S/C30H38N2O4/c1-21-8-7-9-22(18-21)13-16-31(29(35)36-30(2,3)4)15-6-5-10-26(33)25-19-23-11-12-27(34)32-17-14-24(20-25)28(23)32/h7-9,18-20H,5-6,10-17H2,1-4H3. The summed E-state index contributed by atoms with van der Waals surface area (Å²) in [6.45, 7) is 9.56. The van der Waals surface area contributed by atoms with Gasteiger partial charge in [-0.1, -0.05) is 29.8 Å². The number of hydrogen-bond acceptors (Lipinski definition) is 4. The molecule has 0 fully saturated rings. The van der Waals surface area contributed by atoms with Gasteiger partial charge < -0.3 is 14.5 Å². The minimum Gasteiger partial charge on any atom is -0.444 e. The predicted octanol–water partition coefficient (Wildman–Crippen LogP) is 5.66. The number of ketones is 1. The third-order valence-corrected chi connectivity index (χ3v) is 6.86. The van der Waals surface area contributed by atoms with E-state index in [1.807, 2.05) is 43.9 Å². The van der Waals surface area contributed by atoms with E-state index in [4.69, 9.17) is 4.74 Å². The fraction of sp³-hybridized carbons (Fsp3) is 0.500. The number of hydrogen-bond donors (Lipinski definition) is 0. The second-order valence-corrected chi connectivity index (χ2v) is 11.0. The highest BCUT2D eigenvalue weighted by Gasteiger charge is 2.32. The number of benzene rings is 2. The number of ether oxygens (including phenoxy) is 1. The fourth-order valence-corrected chi connectivity index (χ4v) is 5.10. The third kappa shape index (κ3) is 6.34. The average molecular weight is 491 g/mol. The number of aryl methyl sites for hydroxylation is 2. The minimum absolute atomic E-state index is 0.132. The Morgan fingerprint density at radius 1 is 1.00 bits per heavy atom. The van der Waals surface area contributed by atoms with Crippen LogP contribution in [0.1, 0.15) is 79.1 Å². The lowest BCUT2D eigenvalue weighted by Gasteiger charge is -2.27. The van der Waals surface area contributed by atoms with Crippen molar-refractivity contribution in [3.63, 3.8) is 0 Å². The number of carbonyl (C=O) groups excluding carboxylic acids is 3. The summed E-state index contributed by atoms with van der Waals surface area (Å²) >= 11 is 0. The Balaban J connectivity index is 1.33. The van der Waals surface area contributed by atoms with E-state index in [0.717, 1.165) is 48.2 Å². The largest absolute Gasteiger partial charge is 0.444 e. The van der Waals surface area contributed by atoms with Gasteiger partial charge in [0.05, 0.1) is 5.69 Å². The first kappa shape index (κ1) is 25.9. The van der Waals surface area contributed by atoms with Crippen LogP contribution in [0, 0.1) is 6.92 Å². The number of rotatable bonds is 9. The predicted molar refractivity (Wildman–Crippen MR) is 142 cm³/mol. The van der Waals surface area contributed by atoms with Crippen LogP contribution in [-0.4, -0.2) is 47.9 Å². The number of Topliss-reactive ketones (excluding diaryl/α,β-unsaturated/α-hetero) is 1. The summed E-state index contributed by atoms with van der Waals surface area (Å²) in [6.07, 6.45) is 4.40. The van der Waals surface area contributed by atoms with Crippen LogP contribution in [0.25, 0.3) is 0 Å². The number of amides is 2. The summed E-state index contributed by atoms with van der Waals surface area (Å²) in [4.78, 5) is 41.6. The maximum absolute atomic E-state index is 13.0. The molecule has 2 aromatic rings. The van der Waals surface area contributed by atoms with Crippen molar-refractivity contribution in [3.05, 3.63) is 64.2 Å². The smallest absolute Gasteiger partial charge is 0.410 e. The molecule has 0 saturated heterocycles. The zero-order chi connectivity index (χ0) is 25.9. The van der Waals surface area contributed by atoms with Crippen LogP contribution in [0.3, 0.4) is 0 Å². The van der Waals surface area contributed by atoms with Crippen molar-refractivity contribution in [1.82, 2.24) is 4.90 Å². The average Bonchev–Trinajstić information content (AvgIpc) is 3.25. The van der Waals surface area contributed by atoms with Gasteiger partial charge in [0.1, 0.15) is 5.60 Å². The molecule has 0 N–H and O–H groups in total. The van der Waals surface area contributed by atoms with E-state index in [0.29, 0.717) is 38.8 Å². The Labute approximate surface area is 214 Å². The number of nitrogens with zero attached hydrogens (tertiary/aromatic N) is 2. The van der Waals surface area contributed by atoms with Gasteiger partial charge in [0.2, 0.25) is 5.91 Å². The molecule has 0 unspecified atom stereocenters. The maximum atomic E-state index is 13.0. The van der Waals surface area contributed by atoms with Crippen molar-refractivity contribution in [1.29, 1.82) is 0 Å². The molecule has 2 amide bonds. The fourth-order valence-electron chi connectivity index (χ4n) is 5.10. The van der Waals surface area contributed by atoms with Crippen LogP contribution in [0.5, 0.6) is 0 Å². The Morgan fingerprint density at radius 2 is 1.75 bits per heavy atom. The van der Waals surface area contributed by atoms with E-state index in [1.54, 1.807) is 4.90 Å². The van der Waals surface area contributed by atoms with Crippen LogP contribution in [0.4, 0.5) is 10.5 Å². The van der Waals surface area contributed by atoms with Crippen molar-refractivity contribution in [2.75, 3.05) is 24.5 Å². The zero-order valence-electron chi connectivity index (χ0n) is 22.1. The molecule has 0 atom stereocenters. The summed E-state index contributed by atoms with van der Waals surface area (Å²) in [7, 11) is 0. The van der Waals surface area contributed by atoms with E-state index in [9.17, 15) is 14.4 Å². The van der Waals surface area contributed by atoms with Crippen LogP contribution < -0.4 is 4.90 Å². The molecular formula is C30H38N2O4. The zero-order valence-corrected chi connectivity index (χ0v) is 22.1. The van der Waals surface area contributed by atoms with E-state index in [-0.39, 0.29) is 17.8 Å². The summed E-state index contributed by atoms with van der Waals surface area (Å²) in [6, 6.07) is 12.3. The van der Waals surface area contributed by atoms with Gasteiger partial charge in [-0.3, -0.25) is 9.59 Å². The number of anilines is 1. The van der Waals surface area contributed by atoms with E-state index >= 15 is 0 Å². The molecule has 0 saturated carbocycles. The van der Waals surface area contributed by atoms with Crippen LogP contribution >= 0.6 is 0 Å². The van der Waals surface area contributed by atoms with E-state index in [1.165, 1.54) is 11.1 Å². The van der Waals surface area contributed by atoms with Gasteiger partial charge >= 0.3 is 6.09 Å². The van der Waals surface area contributed by atoms with Crippen LogP contribution in [0.15, 0.2) is 36.4 Å². The van der Waals surface area contributed by atoms with Crippen molar-refractivity contribution in [2.24, 2.45) is 0 Å². The monoisotopic (exact) mass is 490 g/mol. The highest BCUT2D eigenvalue weighted by Crippen LogP contribution is 2.37. The van der Waals surface area contributed by atoms with E-state index in [2.05, 4.69) is 25.1 Å². The summed E-state index contributed by atoms with van der Waals surface area (Å²) in [5.41, 5.74) is 5.89. The molecule has 0 bridgehead atoms. The number of unbranched alkanes of at least 4 members (excludes halogenated alkanes) is 1. The molecule has 0 spiro atoms. The van der Waals surface area contributed by atoms with Gasteiger partial charge in [-0.15, -0.1) is 0 Å². The molecular weight excluding hydrogens is 452 g/mol. The summed E-state index contributed by atoms with van der Waals surface area (Å²) < 4.78 is 5.64. The molecule has 0 aliphatic carbocycles. The van der Waals surface area contributed by atoms with Gasteiger partial charge in [0.25, 0.3) is 0 Å². The van der Waals surface area contributed by atoms with Crippen LogP contribution in [-0.2, 0) is 28.8 Å². The lowest BCUT2D eigenvalue weighted by atomic mass is 9.94. The summed E-state index contributed by atoms with van der Waals surface area (Å²) in [5.74, 6) is 0.324. The third-order valence-electron chi connectivity index (χ3n) is 6.86. The molecule has 6 heteroatoms. The highest BCUT2D eigenvalue weighted by atomic mass is 16.6. The molecule has 192 valence electrons. The molecule has 0 radical (unpaired) electrons. The molecule has 6 nitrogen and oxygen atoms in total. The molecule has 2 heterocycles. The second kappa shape index (κ2) is 10.9. The van der Waals surface area contributed by atoms with Crippen molar-refractivity contribution >= 4 is 23.5 Å². The first-order chi connectivity index (χ1) is 17.1. The molecule has 4 rings (SSSR count). The van der Waals surface area contributed by atoms with Crippen molar-refractivity contribution in [2.45, 2.75) is 78.2 Å². The number of carbonyl (C=O) groups is 3. The van der Waals surface area contributed by atoms with E-state index < -0.39 is 5.60 Å². The quantitative estimate of drug-likeness (QED) is 0.336. The summed E-state index contributed by atoms with van der Waals surface area (Å²) in [5, 5.41) is 0. The van der Waals surface area contributed by atoms with Gasteiger partial charge in [-0.25, -0.2) is 4.79 Å². The second-order valence-electron chi connectivity index (χ2n) is 11.0. The molecule has 2 aliphatic heterocycles. The van der Waals surface area contributed by atoms with Crippen molar-refractivity contribution < 1.29 is 19.1 Å². The Kier molecular flexibility index (Phi) is 7.82. The van der Waals surface area contributed by atoms with Crippen LogP contribution in [0.2, 0.25) is 0 Å². The first-order valence-electron chi connectivity index (χ1n) is 13.1. The van der Waals surface area contributed by atoms with Gasteiger partial charge in [0.15, 0.2) is 5.78 Å². The van der Waals surface area contributed by atoms with Gasteiger partial charge in [-0.2, -0.15) is 0 Å². The Bertz CT molecular complexity index is 1150. The lowest BCUT2D eigenvalue weighted by Crippen LogP contribution is -2.38. The SMILES string of the molecule is Cc1cccc(CCN(CCCCC(=O)c2cc3c4c(c2)CCN4C(=O)CC3)C(=O)OC(C)(C)C)c1. The van der Waals surface area contributed by atoms with Gasteiger partial charge in [-0.05, 0) is 88.6 Å². The molecule has 0 aromatic heterocycles. The maximum Gasteiger partial charge on any atom is 0.410 e. The van der Waals surface area contributed by atoms with Gasteiger partial charge in [0, 0.05) is 38.0 Å². The molecule has 2 aromatic carbocycles. The first-order valence-corrected chi connectivity index (χ1v) is 13.1. The molecule has 36 heavy (non-hydrogen) atoms.